The summed E-state index contributed by atoms with van der Waals surface area (Å²) in [6.07, 6.45) is 0. The van der Waals surface area contributed by atoms with Crippen molar-refractivity contribution in [3.63, 3.8) is 0 Å². The standard InChI is InChI=1S/C15H24N2O3/c1-4-17(5-2)11-10-16-15(18)12-20-14-9-7-6-8-13(14)19-3/h6-9H,4-5,10-12H2,1-3H3,(H,16,18). The fourth-order valence-corrected chi connectivity index (χ4v) is 1.83. The lowest BCUT2D eigenvalue weighted by Gasteiger charge is -2.18. The summed E-state index contributed by atoms with van der Waals surface area (Å²) in [4.78, 5) is 13.9. The number of nitrogens with zero attached hydrogens (tertiary/aromatic N) is 1. The number of likely N-dealkylation sites (N-methyl/N-ethyl adjacent to an activating group) is 1. The number of para-hydroxylation sites is 2. The van der Waals surface area contributed by atoms with E-state index in [9.17, 15) is 4.79 Å². The maximum absolute atomic E-state index is 11.7. The predicted molar refractivity (Wildman–Crippen MR) is 79.3 cm³/mol. The zero-order valence-electron chi connectivity index (χ0n) is 12.5. The van der Waals surface area contributed by atoms with Gasteiger partial charge in [0, 0.05) is 13.1 Å². The number of hydrogen-bond acceptors (Lipinski definition) is 4. The van der Waals surface area contributed by atoms with Gasteiger partial charge in [-0.3, -0.25) is 4.79 Å². The van der Waals surface area contributed by atoms with Crippen molar-refractivity contribution in [2.24, 2.45) is 0 Å². The minimum Gasteiger partial charge on any atom is -0.493 e. The van der Waals surface area contributed by atoms with Gasteiger partial charge in [0.15, 0.2) is 18.1 Å². The van der Waals surface area contributed by atoms with Gasteiger partial charge in [-0.15, -0.1) is 0 Å². The van der Waals surface area contributed by atoms with Crippen LogP contribution < -0.4 is 14.8 Å². The summed E-state index contributed by atoms with van der Waals surface area (Å²) in [6.45, 7) is 7.68. The van der Waals surface area contributed by atoms with Crippen molar-refractivity contribution in [2.45, 2.75) is 13.8 Å². The fraction of sp³-hybridized carbons (Fsp3) is 0.533. The van der Waals surface area contributed by atoms with Gasteiger partial charge in [-0.05, 0) is 25.2 Å². The summed E-state index contributed by atoms with van der Waals surface area (Å²) < 4.78 is 10.6. The van der Waals surface area contributed by atoms with Gasteiger partial charge < -0.3 is 19.7 Å². The number of hydrogen-bond donors (Lipinski definition) is 1. The molecule has 1 rings (SSSR count). The number of carbonyl (C=O) groups excluding carboxylic acids is 1. The molecule has 0 unspecified atom stereocenters. The summed E-state index contributed by atoms with van der Waals surface area (Å²) in [5.74, 6) is 1.08. The van der Waals surface area contributed by atoms with Crippen molar-refractivity contribution in [1.82, 2.24) is 10.2 Å². The van der Waals surface area contributed by atoms with E-state index in [1.807, 2.05) is 12.1 Å². The Morgan fingerprint density at radius 3 is 2.45 bits per heavy atom. The third-order valence-electron chi connectivity index (χ3n) is 3.07. The molecule has 112 valence electrons. The highest BCUT2D eigenvalue weighted by Gasteiger charge is 2.07. The van der Waals surface area contributed by atoms with Crippen molar-refractivity contribution >= 4 is 5.91 Å². The van der Waals surface area contributed by atoms with E-state index < -0.39 is 0 Å². The molecule has 5 nitrogen and oxygen atoms in total. The van der Waals surface area contributed by atoms with Crippen LogP contribution in [0.25, 0.3) is 0 Å². The number of rotatable bonds is 9. The van der Waals surface area contributed by atoms with Crippen LogP contribution in [-0.4, -0.2) is 50.7 Å². The molecular formula is C15H24N2O3. The van der Waals surface area contributed by atoms with E-state index in [0.29, 0.717) is 18.0 Å². The Bertz CT molecular complexity index is 406. The quantitative estimate of drug-likeness (QED) is 0.745. The van der Waals surface area contributed by atoms with Crippen LogP contribution in [0.3, 0.4) is 0 Å². The van der Waals surface area contributed by atoms with Gasteiger partial charge in [-0.2, -0.15) is 0 Å². The van der Waals surface area contributed by atoms with Crippen molar-refractivity contribution in [3.05, 3.63) is 24.3 Å². The highest BCUT2D eigenvalue weighted by molar-refractivity contribution is 5.77. The Morgan fingerprint density at radius 1 is 1.20 bits per heavy atom. The highest BCUT2D eigenvalue weighted by atomic mass is 16.5. The first-order chi connectivity index (χ1) is 9.71. The number of nitrogens with one attached hydrogen (secondary N) is 1. The largest absolute Gasteiger partial charge is 0.493 e. The third-order valence-corrected chi connectivity index (χ3v) is 3.07. The number of amides is 1. The molecule has 0 bridgehead atoms. The van der Waals surface area contributed by atoms with Crippen LogP contribution in [0.5, 0.6) is 11.5 Å². The summed E-state index contributed by atoms with van der Waals surface area (Å²) in [5.41, 5.74) is 0. The molecule has 1 amide bonds. The van der Waals surface area contributed by atoms with E-state index in [2.05, 4.69) is 24.1 Å². The number of methoxy groups -OCH3 is 1. The summed E-state index contributed by atoms with van der Waals surface area (Å²) >= 11 is 0. The van der Waals surface area contributed by atoms with Crippen LogP contribution in [0, 0.1) is 0 Å². The second kappa shape index (κ2) is 9.20. The lowest BCUT2D eigenvalue weighted by molar-refractivity contribution is -0.123. The molecule has 0 fully saturated rings. The topological polar surface area (TPSA) is 50.8 Å². The van der Waals surface area contributed by atoms with Crippen LogP contribution in [0.15, 0.2) is 24.3 Å². The molecule has 0 aliphatic rings. The Morgan fingerprint density at radius 2 is 1.85 bits per heavy atom. The number of carbonyl (C=O) groups is 1. The van der Waals surface area contributed by atoms with Gasteiger partial charge in [-0.25, -0.2) is 0 Å². The second-order valence-corrected chi connectivity index (χ2v) is 4.32. The average Bonchev–Trinajstić information content (AvgIpc) is 2.49. The second-order valence-electron chi connectivity index (χ2n) is 4.32. The first-order valence-corrected chi connectivity index (χ1v) is 6.96. The molecule has 5 heteroatoms. The monoisotopic (exact) mass is 280 g/mol. The van der Waals surface area contributed by atoms with E-state index in [1.54, 1.807) is 19.2 Å². The van der Waals surface area contributed by atoms with Crippen LogP contribution in [-0.2, 0) is 4.79 Å². The molecular weight excluding hydrogens is 256 g/mol. The normalized spacial score (nSPS) is 10.4. The Hall–Kier alpha value is -1.75. The van der Waals surface area contributed by atoms with Crippen LogP contribution >= 0.6 is 0 Å². The summed E-state index contributed by atoms with van der Waals surface area (Å²) in [6, 6.07) is 7.28. The predicted octanol–water partition coefficient (Wildman–Crippen LogP) is 1.53. The molecule has 0 aromatic heterocycles. The molecule has 0 aliphatic carbocycles. The molecule has 1 aromatic carbocycles. The molecule has 0 aliphatic heterocycles. The Kier molecular flexibility index (Phi) is 7.50. The van der Waals surface area contributed by atoms with Gasteiger partial charge in [-0.1, -0.05) is 26.0 Å². The van der Waals surface area contributed by atoms with Crippen molar-refractivity contribution in [2.75, 3.05) is 39.9 Å². The molecule has 1 N–H and O–H groups in total. The van der Waals surface area contributed by atoms with E-state index in [4.69, 9.17) is 9.47 Å². The van der Waals surface area contributed by atoms with E-state index in [-0.39, 0.29) is 12.5 Å². The van der Waals surface area contributed by atoms with Gasteiger partial charge >= 0.3 is 0 Å². The molecule has 1 aromatic rings. The molecule has 0 radical (unpaired) electrons. The molecule has 0 spiro atoms. The van der Waals surface area contributed by atoms with Gasteiger partial charge in [0.2, 0.25) is 0 Å². The van der Waals surface area contributed by atoms with Crippen LogP contribution in [0.4, 0.5) is 0 Å². The minimum absolute atomic E-state index is 0.00137. The fourth-order valence-electron chi connectivity index (χ4n) is 1.83. The van der Waals surface area contributed by atoms with Crippen molar-refractivity contribution in [3.8, 4) is 11.5 Å². The maximum atomic E-state index is 11.7. The average molecular weight is 280 g/mol. The lowest BCUT2D eigenvalue weighted by atomic mass is 10.3. The Balaban J connectivity index is 2.29. The zero-order valence-corrected chi connectivity index (χ0v) is 12.5. The first kappa shape index (κ1) is 16.3. The van der Waals surface area contributed by atoms with Gasteiger partial charge in [0.05, 0.1) is 7.11 Å². The Labute approximate surface area is 120 Å². The van der Waals surface area contributed by atoms with E-state index in [0.717, 1.165) is 19.6 Å². The third kappa shape index (κ3) is 5.48. The minimum atomic E-state index is -0.122. The highest BCUT2D eigenvalue weighted by Crippen LogP contribution is 2.25. The molecule has 0 atom stereocenters. The maximum Gasteiger partial charge on any atom is 0.257 e. The van der Waals surface area contributed by atoms with Crippen molar-refractivity contribution < 1.29 is 14.3 Å². The van der Waals surface area contributed by atoms with E-state index in [1.165, 1.54) is 0 Å². The lowest BCUT2D eigenvalue weighted by Crippen LogP contribution is -2.36. The number of benzene rings is 1. The zero-order chi connectivity index (χ0) is 14.8. The summed E-state index contributed by atoms with van der Waals surface area (Å²) in [7, 11) is 1.58. The smallest absolute Gasteiger partial charge is 0.257 e. The summed E-state index contributed by atoms with van der Waals surface area (Å²) in [5, 5.41) is 2.84. The van der Waals surface area contributed by atoms with Crippen molar-refractivity contribution in [1.29, 1.82) is 0 Å². The van der Waals surface area contributed by atoms with Gasteiger partial charge in [0.25, 0.3) is 5.91 Å². The van der Waals surface area contributed by atoms with Gasteiger partial charge in [0.1, 0.15) is 0 Å². The first-order valence-electron chi connectivity index (χ1n) is 6.96. The molecule has 20 heavy (non-hydrogen) atoms. The van der Waals surface area contributed by atoms with Crippen LogP contribution in [0.2, 0.25) is 0 Å². The number of ether oxygens (including phenoxy) is 2. The van der Waals surface area contributed by atoms with E-state index >= 15 is 0 Å². The molecule has 0 saturated heterocycles. The van der Waals surface area contributed by atoms with Crippen LogP contribution in [0.1, 0.15) is 13.8 Å². The molecule has 0 saturated carbocycles. The SMILES string of the molecule is CCN(CC)CCNC(=O)COc1ccccc1OC. The molecule has 0 heterocycles.